The SMILES string of the molecule is N#C[C@H](C(=O)C1CCC1)c1nc(N)nc(Nc2ccccc2)n1. The number of carbonyl (C=O) groups excluding carboxylic acids is 1. The van der Waals surface area contributed by atoms with Gasteiger partial charge in [-0.1, -0.05) is 24.6 Å². The van der Waals surface area contributed by atoms with Gasteiger partial charge in [0, 0.05) is 11.6 Å². The van der Waals surface area contributed by atoms with Gasteiger partial charge in [-0.25, -0.2) is 0 Å². The number of nitrogens with one attached hydrogen (secondary N) is 1. The molecule has 3 rings (SSSR count). The van der Waals surface area contributed by atoms with Crippen molar-refractivity contribution in [3.63, 3.8) is 0 Å². The molecule has 0 aliphatic heterocycles. The Kier molecular flexibility index (Phi) is 4.15. The number of nitrogens with two attached hydrogens (primary N) is 1. The Morgan fingerprint density at radius 2 is 2.00 bits per heavy atom. The molecule has 1 aliphatic rings. The van der Waals surface area contributed by atoms with Crippen LogP contribution >= 0.6 is 0 Å². The highest BCUT2D eigenvalue weighted by Crippen LogP contribution is 2.32. The standard InChI is InChI=1S/C16H16N6O/c17-9-12(13(23)10-5-4-6-10)14-20-15(18)22-16(21-14)19-11-7-2-1-3-8-11/h1-3,7-8,10,12H,4-6H2,(H3,18,19,20,21,22)/t12-/m1/s1. The van der Waals surface area contributed by atoms with Gasteiger partial charge in [0.2, 0.25) is 11.9 Å². The van der Waals surface area contributed by atoms with E-state index in [9.17, 15) is 10.1 Å². The number of benzene rings is 1. The fraction of sp³-hybridized carbons (Fsp3) is 0.312. The largest absolute Gasteiger partial charge is 0.368 e. The maximum atomic E-state index is 12.4. The van der Waals surface area contributed by atoms with E-state index in [1.165, 1.54) is 0 Å². The zero-order valence-corrected chi connectivity index (χ0v) is 12.4. The average Bonchev–Trinajstić information content (AvgIpc) is 2.46. The number of carbonyl (C=O) groups is 1. The molecule has 1 heterocycles. The zero-order chi connectivity index (χ0) is 16.2. The van der Waals surface area contributed by atoms with Gasteiger partial charge in [0.1, 0.15) is 0 Å². The smallest absolute Gasteiger partial charge is 0.232 e. The van der Waals surface area contributed by atoms with Gasteiger partial charge in [-0.15, -0.1) is 0 Å². The van der Waals surface area contributed by atoms with Gasteiger partial charge in [0.25, 0.3) is 0 Å². The second kappa shape index (κ2) is 6.40. The molecule has 23 heavy (non-hydrogen) atoms. The molecule has 1 aromatic heterocycles. The molecule has 0 radical (unpaired) electrons. The van der Waals surface area contributed by atoms with Gasteiger partial charge >= 0.3 is 0 Å². The number of nitrogen functional groups attached to an aromatic ring is 1. The van der Waals surface area contributed by atoms with Crippen LogP contribution in [0.4, 0.5) is 17.6 Å². The van der Waals surface area contributed by atoms with Crippen LogP contribution in [0.25, 0.3) is 0 Å². The van der Waals surface area contributed by atoms with Crippen molar-refractivity contribution in [3.05, 3.63) is 36.2 Å². The van der Waals surface area contributed by atoms with Crippen LogP contribution in [-0.4, -0.2) is 20.7 Å². The van der Waals surface area contributed by atoms with Crippen LogP contribution in [0.1, 0.15) is 31.0 Å². The third-order valence-corrected chi connectivity index (χ3v) is 3.88. The molecular formula is C16H16N6O. The third kappa shape index (κ3) is 3.26. The Morgan fingerprint density at radius 3 is 2.61 bits per heavy atom. The fourth-order valence-corrected chi connectivity index (χ4v) is 2.42. The predicted molar refractivity (Wildman–Crippen MR) is 84.7 cm³/mol. The van der Waals surface area contributed by atoms with Crippen molar-refractivity contribution in [1.29, 1.82) is 5.26 Å². The first-order valence-electron chi connectivity index (χ1n) is 7.44. The van der Waals surface area contributed by atoms with Crippen molar-refractivity contribution in [2.24, 2.45) is 5.92 Å². The number of ketones is 1. The average molecular weight is 308 g/mol. The lowest BCUT2D eigenvalue weighted by atomic mass is 9.78. The first-order valence-corrected chi connectivity index (χ1v) is 7.44. The van der Waals surface area contributed by atoms with Crippen molar-refractivity contribution in [1.82, 2.24) is 15.0 Å². The van der Waals surface area contributed by atoms with Crippen LogP contribution in [0.5, 0.6) is 0 Å². The van der Waals surface area contributed by atoms with Gasteiger partial charge in [0.15, 0.2) is 17.5 Å². The van der Waals surface area contributed by atoms with Crippen molar-refractivity contribution in [3.8, 4) is 6.07 Å². The van der Waals surface area contributed by atoms with Crippen LogP contribution in [-0.2, 0) is 4.79 Å². The van der Waals surface area contributed by atoms with Gasteiger partial charge in [0.05, 0.1) is 6.07 Å². The number of nitriles is 1. The minimum absolute atomic E-state index is 0.0184. The maximum absolute atomic E-state index is 12.4. The molecule has 1 aliphatic carbocycles. The molecule has 1 fully saturated rings. The Balaban J connectivity index is 1.87. The van der Waals surface area contributed by atoms with E-state index in [1.807, 2.05) is 36.4 Å². The second-order valence-electron chi connectivity index (χ2n) is 5.46. The lowest BCUT2D eigenvalue weighted by molar-refractivity contribution is -0.125. The van der Waals surface area contributed by atoms with Crippen LogP contribution in [0.3, 0.4) is 0 Å². The number of hydrogen-bond acceptors (Lipinski definition) is 7. The summed E-state index contributed by atoms with van der Waals surface area (Å²) in [5, 5.41) is 12.4. The van der Waals surface area contributed by atoms with Crippen LogP contribution in [0.2, 0.25) is 0 Å². The number of aromatic nitrogens is 3. The summed E-state index contributed by atoms with van der Waals surface area (Å²) in [5.74, 6) is -0.883. The normalized spacial score (nSPS) is 15.3. The first kappa shape index (κ1) is 14.9. The predicted octanol–water partition coefficient (Wildman–Crippen LogP) is 2.17. The number of Topliss-reactive ketones (excluding diaryl/α,β-unsaturated/α-hetero) is 1. The summed E-state index contributed by atoms with van der Waals surface area (Å²) in [6, 6.07) is 11.3. The van der Waals surface area contributed by atoms with E-state index in [1.54, 1.807) is 0 Å². The Labute approximate surface area is 133 Å². The van der Waals surface area contributed by atoms with Crippen molar-refractivity contribution in [2.45, 2.75) is 25.2 Å². The van der Waals surface area contributed by atoms with Crippen LogP contribution < -0.4 is 11.1 Å². The molecule has 0 bridgehead atoms. The summed E-state index contributed by atoms with van der Waals surface area (Å²) >= 11 is 0. The molecular weight excluding hydrogens is 292 g/mol. The summed E-state index contributed by atoms with van der Waals surface area (Å²) < 4.78 is 0. The summed E-state index contributed by atoms with van der Waals surface area (Å²) in [4.78, 5) is 24.5. The summed E-state index contributed by atoms with van der Waals surface area (Å²) in [6.07, 6.45) is 2.67. The molecule has 1 saturated carbocycles. The van der Waals surface area contributed by atoms with Gasteiger partial charge in [-0.2, -0.15) is 20.2 Å². The number of nitrogens with zero attached hydrogens (tertiary/aromatic N) is 4. The third-order valence-electron chi connectivity index (χ3n) is 3.88. The highest BCUT2D eigenvalue weighted by atomic mass is 16.1. The lowest BCUT2D eigenvalue weighted by Gasteiger charge is -2.25. The molecule has 7 heteroatoms. The van der Waals surface area contributed by atoms with Crippen molar-refractivity contribution >= 4 is 23.4 Å². The second-order valence-corrected chi connectivity index (χ2v) is 5.46. The highest BCUT2D eigenvalue weighted by Gasteiger charge is 2.34. The zero-order valence-electron chi connectivity index (χ0n) is 12.4. The first-order chi connectivity index (χ1) is 11.2. The number of hydrogen-bond donors (Lipinski definition) is 2. The van der Waals surface area contributed by atoms with Gasteiger partial charge in [-0.05, 0) is 25.0 Å². The molecule has 0 spiro atoms. The fourth-order valence-electron chi connectivity index (χ4n) is 2.42. The maximum Gasteiger partial charge on any atom is 0.232 e. The van der Waals surface area contributed by atoms with Gasteiger partial charge in [-0.3, -0.25) is 4.79 Å². The van der Waals surface area contributed by atoms with Crippen molar-refractivity contribution < 1.29 is 4.79 Å². The minimum atomic E-state index is -0.998. The Bertz CT molecular complexity index is 751. The van der Waals surface area contributed by atoms with E-state index in [2.05, 4.69) is 20.3 Å². The van der Waals surface area contributed by atoms with Crippen LogP contribution in [0, 0.1) is 17.2 Å². The quantitative estimate of drug-likeness (QED) is 0.869. The van der Waals surface area contributed by atoms with E-state index < -0.39 is 5.92 Å². The molecule has 0 amide bonds. The molecule has 1 atom stereocenters. The number of anilines is 3. The topological polar surface area (TPSA) is 118 Å². The Morgan fingerprint density at radius 1 is 1.26 bits per heavy atom. The summed E-state index contributed by atoms with van der Waals surface area (Å²) in [5.41, 5.74) is 6.49. The van der Waals surface area contributed by atoms with Crippen molar-refractivity contribution in [2.75, 3.05) is 11.1 Å². The number of para-hydroxylation sites is 1. The Hall–Kier alpha value is -3.01. The highest BCUT2D eigenvalue weighted by molar-refractivity contribution is 5.90. The molecule has 0 saturated heterocycles. The van der Waals surface area contributed by atoms with E-state index >= 15 is 0 Å². The monoisotopic (exact) mass is 308 g/mol. The van der Waals surface area contributed by atoms with E-state index in [4.69, 9.17) is 5.73 Å². The number of rotatable bonds is 5. The molecule has 2 aromatic rings. The lowest BCUT2D eigenvalue weighted by Crippen LogP contribution is -2.28. The minimum Gasteiger partial charge on any atom is -0.368 e. The van der Waals surface area contributed by atoms with E-state index in [0.717, 1.165) is 24.9 Å². The molecule has 0 unspecified atom stereocenters. The molecule has 116 valence electrons. The summed E-state index contributed by atoms with van der Waals surface area (Å²) in [7, 11) is 0. The van der Waals surface area contributed by atoms with E-state index in [-0.39, 0.29) is 29.4 Å². The molecule has 1 aromatic carbocycles. The van der Waals surface area contributed by atoms with E-state index in [0.29, 0.717) is 0 Å². The molecule has 7 nitrogen and oxygen atoms in total. The van der Waals surface area contributed by atoms with Crippen LogP contribution in [0.15, 0.2) is 30.3 Å². The summed E-state index contributed by atoms with van der Waals surface area (Å²) in [6.45, 7) is 0. The molecule has 3 N–H and O–H groups in total. The van der Waals surface area contributed by atoms with Gasteiger partial charge < -0.3 is 11.1 Å².